The molecule has 0 amide bonds. The number of fused-ring (bicyclic) bond motifs is 1. The average Bonchev–Trinajstić information content (AvgIpc) is 2.86. The molecule has 0 aliphatic heterocycles. The molecule has 0 unspecified atom stereocenters. The van der Waals surface area contributed by atoms with E-state index < -0.39 is 0 Å². The van der Waals surface area contributed by atoms with Crippen LogP contribution in [-0.2, 0) is 12.8 Å². The molecule has 1 aromatic rings. The van der Waals surface area contributed by atoms with Gasteiger partial charge in [-0.25, -0.2) is 0 Å². The molecule has 0 bridgehead atoms. The third-order valence-corrected chi connectivity index (χ3v) is 4.73. The molecule has 0 heterocycles. The first-order chi connectivity index (χ1) is 8.36. The Morgan fingerprint density at radius 2 is 1.76 bits per heavy atom. The van der Waals surface area contributed by atoms with Gasteiger partial charge in [-0.2, -0.15) is 0 Å². The Hall–Kier alpha value is -0.820. The predicted molar refractivity (Wildman–Crippen MR) is 72.5 cm³/mol. The van der Waals surface area contributed by atoms with Crippen molar-refractivity contribution >= 4 is 0 Å². The second-order valence-corrected chi connectivity index (χ2v) is 5.72. The van der Waals surface area contributed by atoms with Gasteiger partial charge in [-0.1, -0.05) is 18.2 Å². The summed E-state index contributed by atoms with van der Waals surface area (Å²) >= 11 is 0. The summed E-state index contributed by atoms with van der Waals surface area (Å²) in [5, 5.41) is 3.42. The summed E-state index contributed by atoms with van der Waals surface area (Å²) in [5.41, 5.74) is 4.86. The van der Waals surface area contributed by atoms with E-state index in [-0.39, 0.29) is 0 Å². The molecule has 1 nitrogen and oxygen atoms in total. The lowest BCUT2D eigenvalue weighted by molar-refractivity contribution is 0.358. The van der Waals surface area contributed by atoms with Crippen LogP contribution in [-0.4, -0.2) is 13.1 Å². The fourth-order valence-electron chi connectivity index (χ4n) is 3.56. The zero-order valence-electron chi connectivity index (χ0n) is 10.8. The summed E-state index contributed by atoms with van der Waals surface area (Å²) in [5.74, 6) is 0.825. The summed E-state index contributed by atoms with van der Waals surface area (Å²) in [7, 11) is 2.10. The van der Waals surface area contributed by atoms with Gasteiger partial charge in [0.15, 0.2) is 0 Å². The van der Waals surface area contributed by atoms with Gasteiger partial charge in [-0.05, 0) is 74.6 Å². The van der Waals surface area contributed by atoms with E-state index >= 15 is 0 Å². The molecule has 0 saturated heterocycles. The van der Waals surface area contributed by atoms with E-state index in [1.165, 1.54) is 44.9 Å². The SMILES string of the molecule is CNC1CCC(c2ccc3c(c2)CCC3)CC1. The van der Waals surface area contributed by atoms with Crippen LogP contribution in [0.4, 0.5) is 0 Å². The number of benzene rings is 1. The third kappa shape index (κ3) is 2.26. The maximum Gasteiger partial charge on any atom is 0.00644 e. The fourth-order valence-corrected chi connectivity index (χ4v) is 3.56. The van der Waals surface area contributed by atoms with Gasteiger partial charge in [0.05, 0.1) is 0 Å². The topological polar surface area (TPSA) is 12.0 Å². The first-order valence-corrected chi connectivity index (χ1v) is 7.16. The predicted octanol–water partition coefficient (Wildman–Crippen LogP) is 3.42. The van der Waals surface area contributed by atoms with Gasteiger partial charge in [0.2, 0.25) is 0 Å². The molecule has 1 N–H and O–H groups in total. The number of rotatable bonds is 2. The van der Waals surface area contributed by atoms with Crippen molar-refractivity contribution in [3.05, 3.63) is 34.9 Å². The minimum Gasteiger partial charge on any atom is -0.317 e. The van der Waals surface area contributed by atoms with E-state index in [1.54, 1.807) is 16.7 Å². The summed E-state index contributed by atoms with van der Waals surface area (Å²) in [6, 6.07) is 8.06. The standard InChI is InChI=1S/C16H23N/c1-17-16-9-7-13(8-10-16)15-6-5-12-3-2-4-14(12)11-15/h5-6,11,13,16-17H,2-4,7-10H2,1H3. The number of aryl methyl sites for hydroxylation is 2. The van der Waals surface area contributed by atoms with Crippen LogP contribution in [0.1, 0.15) is 54.7 Å². The zero-order chi connectivity index (χ0) is 11.7. The fraction of sp³-hybridized carbons (Fsp3) is 0.625. The lowest BCUT2D eigenvalue weighted by Crippen LogP contribution is -2.29. The Morgan fingerprint density at radius 1 is 1.00 bits per heavy atom. The Kier molecular flexibility index (Phi) is 3.19. The minimum atomic E-state index is 0.765. The maximum absolute atomic E-state index is 3.42. The molecule has 1 fully saturated rings. The van der Waals surface area contributed by atoms with Gasteiger partial charge in [-0.15, -0.1) is 0 Å². The van der Waals surface area contributed by atoms with Gasteiger partial charge in [-0.3, -0.25) is 0 Å². The van der Waals surface area contributed by atoms with Crippen molar-refractivity contribution in [2.75, 3.05) is 7.05 Å². The third-order valence-electron chi connectivity index (χ3n) is 4.73. The smallest absolute Gasteiger partial charge is 0.00644 e. The highest BCUT2D eigenvalue weighted by atomic mass is 14.9. The molecule has 3 rings (SSSR count). The van der Waals surface area contributed by atoms with E-state index in [0.717, 1.165) is 12.0 Å². The molecule has 0 spiro atoms. The van der Waals surface area contributed by atoms with Crippen LogP contribution in [0.15, 0.2) is 18.2 Å². The van der Waals surface area contributed by atoms with E-state index in [2.05, 4.69) is 30.6 Å². The van der Waals surface area contributed by atoms with Gasteiger partial charge < -0.3 is 5.32 Å². The highest BCUT2D eigenvalue weighted by Gasteiger charge is 2.22. The molecule has 1 aromatic carbocycles. The maximum atomic E-state index is 3.42. The van der Waals surface area contributed by atoms with Crippen molar-refractivity contribution in [2.45, 2.75) is 56.9 Å². The van der Waals surface area contributed by atoms with Crippen molar-refractivity contribution < 1.29 is 0 Å². The van der Waals surface area contributed by atoms with Gasteiger partial charge in [0.25, 0.3) is 0 Å². The molecule has 2 aliphatic carbocycles. The van der Waals surface area contributed by atoms with E-state index in [0.29, 0.717) is 0 Å². The summed E-state index contributed by atoms with van der Waals surface area (Å²) in [4.78, 5) is 0. The second kappa shape index (κ2) is 4.81. The molecule has 2 aliphatic rings. The summed E-state index contributed by atoms with van der Waals surface area (Å²) in [6.07, 6.45) is 9.41. The molecular weight excluding hydrogens is 206 g/mol. The number of hydrogen-bond donors (Lipinski definition) is 1. The quantitative estimate of drug-likeness (QED) is 0.819. The van der Waals surface area contributed by atoms with E-state index in [4.69, 9.17) is 0 Å². The zero-order valence-corrected chi connectivity index (χ0v) is 10.8. The van der Waals surface area contributed by atoms with Crippen LogP contribution in [0, 0.1) is 0 Å². The lowest BCUT2D eigenvalue weighted by atomic mass is 9.81. The van der Waals surface area contributed by atoms with Crippen molar-refractivity contribution in [1.82, 2.24) is 5.32 Å². The first kappa shape index (κ1) is 11.3. The van der Waals surface area contributed by atoms with Crippen molar-refractivity contribution in [3.63, 3.8) is 0 Å². The van der Waals surface area contributed by atoms with Crippen molar-refractivity contribution in [1.29, 1.82) is 0 Å². The van der Waals surface area contributed by atoms with E-state index in [9.17, 15) is 0 Å². The minimum absolute atomic E-state index is 0.765. The van der Waals surface area contributed by atoms with Crippen LogP contribution in [0.5, 0.6) is 0 Å². The molecule has 17 heavy (non-hydrogen) atoms. The van der Waals surface area contributed by atoms with Crippen LogP contribution in [0.25, 0.3) is 0 Å². The van der Waals surface area contributed by atoms with Gasteiger partial charge in [0.1, 0.15) is 0 Å². The Bertz CT molecular complexity index is 389. The van der Waals surface area contributed by atoms with Gasteiger partial charge >= 0.3 is 0 Å². The summed E-state index contributed by atoms with van der Waals surface area (Å²) in [6.45, 7) is 0. The van der Waals surface area contributed by atoms with Crippen LogP contribution >= 0.6 is 0 Å². The van der Waals surface area contributed by atoms with Gasteiger partial charge in [0, 0.05) is 6.04 Å². The molecule has 0 atom stereocenters. The van der Waals surface area contributed by atoms with Crippen LogP contribution in [0.2, 0.25) is 0 Å². The van der Waals surface area contributed by atoms with Crippen LogP contribution < -0.4 is 5.32 Å². The Morgan fingerprint density at radius 3 is 2.53 bits per heavy atom. The van der Waals surface area contributed by atoms with E-state index in [1.807, 2.05) is 0 Å². The lowest BCUT2D eigenvalue weighted by Gasteiger charge is -2.28. The Labute approximate surface area is 105 Å². The highest BCUT2D eigenvalue weighted by Crippen LogP contribution is 2.35. The first-order valence-electron chi connectivity index (χ1n) is 7.16. The number of nitrogens with one attached hydrogen (secondary N) is 1. The largest absolute Gasteiger partial charge is 0.317 e. The molecule has 1 heteroatoms. The molecule has 92 valence electrons. The number of hydrogen-bond acceptors (Lipinski definition) is 1. The highest BCUT2D eigenvalue weighted by molar-refractivity contribution is 5.36. The van der Waals surface area contributed by atoms with Crippen molar-refractivity contribution in [3.8, 4) is 0 Å². The second-order valence-electron chi connectivity index (χ2n) is 5.72. The monoisotopic (exact) mass is 229 g/mol. The summed E-state index contributed by atoms with van der Waals surface area (Å²) < 4.78 is 0. The molecule has 0 radical (unpaired) electrons. The molecule has 0 aromatic heterocycles. The average molecular weight is 229 g/mol. The Balaban J connectivity index is 1.72. The normalized spacial score (nSPS) is 28.1. The van der Waals surface area contributed by atoms with Crippen LogP contribution in [0.3, 0.4) is 0 Å². The molecule has 1 saturated carbocycles. The van der Waals surface area contributed by atoms with Crippen molar-refractivity contribution in [2.24, 2.45) is 0 Å². The molecular formula is C16H23N.